The van der Waals surface area contributed by atoms with Crippen LogP contribution in [-0.4, -0.2) is 54.3 Å². The number of nitrogens with one attached hydrogen (secondary N) is 1. The Hall–Kier alpha value is -1.07. The van der Waals surface area contributed by atoms with Crippen LogP contribution in [0.2, 0.25) is 0 Å². The normalized spacial score (nSPS) is 13.2. The van der Waals surface area contributed by atoms with Gasteiger partial charge in [0.15, 0.2) is 0 Å². The Labute approximate surface area is 123 Å². The minimum absolute atomic E-state index is 0.171. The van der Waals surface area contributed by atoms with Gasteiger partial charge in [-0.25, -0.2) is 4.98 Å². The van der Waals surface area contributed by atoms with E-state index < -0.39 is 0 Å². The van der Waals surface area contributed by atoms with Crippen LogP contribution in [0, 0.1) is 12.8 Å². The van der Waals surface area contributed by atoms with Crippen LogP contribution in [0.3, 0.4) is 0 Å². The van der Waals surface area contributed by atoms with Crippen LogP contribution in [0.4, 0.5) is 5.95 Å². The Balaban J connectivity index is 2.59. The quantitative estimate of drug-likeness (QED) is 0.754. The van der Waals surface area contributed by atoms with Crippen molar-refractivity contribution >= 4 is 5.95 Å². The average molecular weight is 282 g/mol. The highest BCUT2D eigenvalue weighted by molar-refractivity contribution is 5.29. The number of aryl methyl sites for hydroxylation is 1. The highest BCUT2D eigenvalue weighted by Gasteiger charge is 2.12. The third-order valence-electron chi connectivity index (χ3n) is 3.34. The molecular weight excluding hydrogens is 252 g/mol. The number of likely N-dealkylation sites (N-methyl/N-ethyl adjacent to an activating group) is 1. The van der Waals surface area contributed by atoms with Gasteiger partial charge in [0.1, 0.15) is 0 Å². The number of ether oxygens (including phenoxy) is 1. The first-order valence-corrected chi connectivity index (χ1v) is 7.45. The van der Waals surface area contributed by atoms with Gasteiger partial charge in [-0.2, -0.15) is 0 Å². The first-order chi connectivity index (χ1) is 9.46. The van der Waals surface area contributed by atoms with Crippen molar-refractivity contribution in [1.82, 2.24) is 14.5 Å². The number of methoxy groups -OCH3 is 1. The average Bonchev–Trinajstić information content (AvgIpc) is 2.73. The highest BCUT2D eigenvalue weighted by Crippen LogP contribution is 2.11. The fourth-order valence-corrected chi connectivity index (χ4v) is 2.12. The van der Waals surface area contributed by atoms with Crippen LogP contribution in [0.5, 0.6) is 0 Å². The lowest BCUT2D eigenvalue weighted by atomic mass is 10.2. The summed E-state index contributed by atoms with van der Waals surface area (Å²) in [4.78, 5) is 6.80. The second-order valence-corrected chi connectivity index (χ2v) is 5.85. The third-order valence-corrected chi connectivity index (χ3v) is 3.34. The van der Waals surface area contributed by atoms with Gasteiger partial charge in [-0.05, 0) is 26.4 Å². The summed E-state index contributed by atoms with van der Waals surface area (Å²) in [6, 6.07) is 0. The molecule has 116 valence electrons. The zero-order chi connectivity index (χ0) is 15.1. The molecule has 1 atom stereocenters. The topological polar surface area (TPSA) is 42.3 Å². The molecule has 0 radical (unpaired) electrons. The van der Waals surface area contributed by atoms with Crippen molar-refractivity contribution in [3.8, 4) is 0 Å². The monoisotopic (exact) mass is 282 g/mol. The summed E-state index contributed by atoms with van der Waals surface area (Å²) >= 11 is 0. The molecule has 1 N–H and O–H groups in total. The summed E-state index contributed by atoms with van der Waals surface area (Å²) in [6.07, 6.45) is 2.27. The molecule has 0 saturated carbocycles. The summed E-state index contributed by atoms with van der Waals surface area (Å²) in [5.41, 5.74) is 1.05. The molecule has 0 fully saturated rings. The number of imidazole rings is 1. The lowest BCUT2D eigenvalue weighted by molar-refractivity contribution is 0.0826. The van der Waals surface area contributed by atoms with E-state index in [1.807, 2.05) is 6.92 Å². The van der Waals surface area contributed by atoms with Crippen LogP contribution in [0.1, 0.15) is 26.5 Å². The predicted molar refractivity (Wildman–Crippen MR) is 84.3 cm³/mol. The van der Waals surface area contributed by atoms with Gasteiger partial charge in [-0.1, -0.05) is 20.8 Å². The SMILES string of the molecule is CCN(C)CC(CNc1nc(C)cn1CC(C)C)OC. The van der Waals surface area contributed by atoms with Gasteiger partial charge in [0, 0.05) is 32.9 Å². The van der Waals surface area contributed by atoms with Crippen molar-refractivity contribution in [2.45, 2.75) is 40.3 Å². The molecule has 1 heterocycles. The molecule has 5 heteroatoms. The van der Waals surface area contributed by atoms with Gasteiger partial charge in [0.05, 0.1) is 11.8 Å². The van der Waals surface area contributed by atoms with E-state index in [2.05, 4.69) is 53.8 Å². The summed E-state index contributed by atoms with van der Waals surface area (Å²) in [7, 11) is 3.87. The zero-order valence-electron chi connectivity index (χ0n) is 13.8. The Bertz CT molecular complexity index is 389. The van der Waals surface area contributed by atoms with E-state index in [4.69, 9.17) is 4.74 Å². The van der Waals surface area contributed by atoms with E-state index in [-0.39, 0.29) is 6.10 Å². The van der Waals surface area contributed by atoms with Crippen LogP contribution < -0.4 is 5.32 Å². The van der Waals surface area contributed by atoms with E-state index in [0.29, 0.717) is 5.92 Å². The van der Waals surface area contributed by atoms with Crippen molar-refractivity contribution in [3.63, 3.8) is 0 Å². The van der Waals surface area contributed by atoms with Crippen molar-refractivity contribution in [2.75, 3.05) is 39.1 Å². The molecule has 0 amide bonds. The second kappa shape index (κ2) is 8.27. The number of anilines is 1. The van der Waals surface area contributed by atoms with E-state index in [1.54, 1.807) is 7.11 Å². The van der Waals surface area contributed by atoms with Gasteiger partial charge in [0.2, 0.25) is 5.95 Å². The number of aromatic nitrogens is 2. The molecular formula is C15H30N4O. The Morgan fingerprint density at radius 3 is 2.70 bits per heavy atom. The largest absolute Gasteiger partial charge is 0.378 e. The Morgan fingerprint density at radius 2 is 2.15 bits per heavy atom. The van der Waals surface area contributed by atoms with Gasteiger partial charge >= 0.3 is 0 Å². The fraction of sp³-hybridized carbons (Fsp3) is 0.800. The standard InChI is InChI=1S/C15H30N4O/c1-7-18(5)11-14(20-6)8-16-15-17-13(4)10-19(15)9-12(2)3/h10,12,14H,7-9,11H2,1-6H3,(H,16,17). The molecule has 0 saturated heterocycles. The van der Waals surface area contributed by atoms with Crippen LogP contribution in [-0.2, 0) is 11.3 Å². The molecule has 0 aliphatic heterocycles. The minimum atomic E-state index is 0.171. The van der Waals surface area contributed by atoms with Crippen molar-refractivity contribution in [1.29, 1.82) is 0 Å². The number of nitrogens with zero attached hydrogens (tertiary/aromatic N) is 3. The smallest absolute Gasteiger partial charge is 0.203 e. The number of rotatable bonds is 9. The van der Waals surface area contributed by atoms with Gasteiger partial charge < -0.3 is 19.5 Å². The molecule has 1 aromatic heterocycles. The molecule has 0 aliphatic carbocycles. The van der Waals surface area contributed by atoms with Crippen molar-refractivity contribution in [2.24, 2.45) is 5.92 Å². The zero-order valence-corrected chi connectivity index (χ0v) is 13.8. The van der Waals surface area contributed by atoms with Crippen LogP contribution >= 0.6 is 0 Å². The maximum absolute atomic E-state index is 5.53. The maximum atomic E-state index is 5.53. The predicted octanol–water partition coefficient (Wildman–Crippen LogP) is 2.23. The molecule has 0 spiro atoms. The number of hydrogen-bond donors (Lipinski definition) is 1. The third kappa shape index (κ3) is 5.51. The van der Waals surface area contributed by atoms with E-state index in [1.165, 1.54) is 0 Å². The van der Waals surface area contributed by atoms with Gasteiger partial charge in [-0.3, -0.25) is 0 Å². The molecule has 5 nitrogen and oxygen atoms in total. The van der Waals surface area contributed by atoms with Crippen LogP contribution in [0.25, 0.3) is 0 Å². The Kier molecular flexibility index (Phi) is 7.02. The van der Waals surface area contributed by atoms with Crippen molar-refractivity contribution < 1.29 is 4.74 Å². The Morgan fingerprint density at radius 1 is 1.45 bits per heavy atom. The summed E-state index contributed by atoms with van der Waals surface area (Å²) in [6.45, 7) is 12.3. The molecule has 0 aromatic carbocycles. The summed E-state index contributed by atoms with van der Waals surface area (Å²) in [5, 5.41) is 3.42. The maximum Gasteiger partial charge on any atom is 0.203 e. The summed E-state index contributed by atoms with van der Waals surface area (Å²) < 4.78 is 7.72. The minimum Gasteiger partial charge on any atom is -0.378 e. The molecule has 1 unspecified atom stereocenters. The van der Waals surface area contributed by atoms with Gasteiger partial charge in [0.25, 0.3) is 0 Å². The molecule has 20 heavy (non-hydrogen) atoms. The van der Waals surface area contributed by atoms with Crippen LogP contribution in [0.15, 0.2) is 6.20 Å². The second-order valence-electron chi connectivity index (χ2n) is 5.85. The molecule has 1 aromatic rings. The van der Waals surface area contributed by atoms with Gasteiger partial charge in [-0.15, -0.1) is 0 Å². The molecule has 0 aliphatic rings. The lowest BCUT2D eigenvalue weighted by Crippen LogP contribution is -2.35. The molecule has 1 rings (SSSR count). The first-order valence-electron chi connectivity index (χ1n) is 7.45. The van der Waals surface area contributed by atoms with Crippen molar-refractivity contribution in [3.05, 3.63) is 11.9 Å². The van der Waals surface area contributed by atoms with E-state index in [9.17, 15) is 0 Å². The fourth-order valence-electron chi connectivity index (χ4n) is 2.12. The number of hydrogen-bond acceptors (Lipinski definition) is 4. The van der Waals surface area contributed by atoms with E-state index in [0.717, 1.165) is 37.8 Å². The molecule has 0 bridgehead atoms. The summed E-state index contributed by atoms with van der Waals surface area (Å²) in [5.74, 6) is 1.55. The lowest BCUT2D eigenvalue weighted by Gasteiger charge is -2.22. The highest BCUT2D eigenvalue weighted by atomic mass is 16.5. The van der Waals surface area contributed by atoms with E-state index >= 15 is 0 Å². The first kappa shape index (κ1) is 17.0.